The topological polar surface area (TPSA) is 57.3 Å². The van der Waals surface area contributed by atoms with E-state index in [2.05, 4.69) is 21.7 Å². The molecular weight excluding hydrogens is 299 g/mol. The lowest BCUT2D eigenvalue weighted by atomic mass is 10.3. The molecule has 2 N–H and O–H groups in total. The second kappa shape index (κ2) is 7.36. The van der Waals surface area contributed by atoms with Crippen LogP contribution in [0.5, 0.6) is 0 Å². The first-order valence-electron chi connectivity index (χ1n) is 6.39. The standard InChI is InChI=1S/C13H16Cl2N4O/c14-10-8-11(15)12(18-9-10)16-4-5-17-13(20)19-6-2-1-3-7-19/h1-2,8-9H,3-7H2,(H,16,18)(H,17,20). The number of nitrogens with zero attached hydrogens (tertiary/aromatic N) is 2. The van der Waals surface area contributed by atoms with Gasteiger partial charge in [-0.25, -0.2) is 9.78 Å². The molecule has 1 aromatic rings. The first-order chi connectivity index (χ1) is 9.66. The first-order valence-corrected chi connectivity index (χ1v) is 7.15. The molecule has 0 saturated heterocycles. The number of halogens is 2. The largest absolute Gasteiger partial charge is 0.367 e. The number of anilines is 1. The molecule has 1 aromatic heterocycles. The minimum Gasteiger partial charge on any atom is -0.367 e. The highest BCUT2D eigenvalue weighted by molar-refractivity contribution is 6.35. The van der Waals surface area contributed by atoms with Crippen LogP contribution in [0.15, 0.2) is 24.4 Å². The van der Waals surface area contributed by atoms with Crippen molar-refractivity contribution in [3.8, 4) is 0 Å². The number of aromatic nitrogens is 1. The third-order valence-corrected chi connectivity index (χ3v) is 3.34. The fourth-order valence-electron chi connectivity index (χ4n) is 1.83. The van der Waals surface area contributed by atoms with Crippen LogP contribution in [0.4, 0.5) is 10.6 Å². The zero-order valence-electron chi connectivity index (χ0n) is 10.9. The van der Waals surface area contributed by atoms with Crippen LogP contribution >= 0.6 is 23.2 Å². The van der Waals surface area contributed by atoms with Gasteiger partial charge >= 0.3 is 6.03 Å². The predicted octanol–water partition coefficient (Wildman–Crippen LogP) is 2.77. The van der Waals surface area contributed by atoms with E-state index in [9.17, 15) is 4.79 Å². The number of hydrogen-bond acceptors (Lipinski definition) is 3. The Morgan fingerprint density at radius 3 is 2.90 bits per heavy atom. The molecule has 0 spiro atoms. The van der Waals surface area contributed by atoms with Gasteiger partial charge in [-0.15, -0.1) is 0 Å². The van der Waals surface area contributed by atoms with E-state index in [-0.39, 0.29) is 6.03 Å². The molecule has 0 saturated carbocycles. The Morgan fingerprint density at radius 2 is 2.20 bits per heavy atom. The van der Waals surface area contributed by atoms with Crippen molar-refractivity contribution < 1.29 is 4.79 Å². The highest BCUT2D eigenvalue weighted by Crippen LogP contribution is 2.21. The van der Waals surface area contributed by atoms with Crippen molar-refractivity contribution in [3.05, 3.63) is 34.5 Å². The summed E-state index contributed by atoms with van der Waals surface area (Å²) in [6.45, 7) is 2.48. The molecule has 0 bridgehead atoms. The monoisotopic (exact) mass is 314 g/mol. The molecule has 1 aliphatic rings. The molecule has 20 heavy (non-hydrogen) atoms. The lowest BCUT2D eigenvalue weighted by Crippen LogP contribution is -2.43. The van der Waals surface area contributed by atoms with Crippen molar-refractivity contribution in [3.63, 3.8) is 0 Å². The number of nitrogens with one attached hydrogen (secondary N) is 2. The third kappa shape index (κ3) is 4.28. The van der Waals surface area contributed by atoms with Gasteiger partial charge in [0, 0.05) is 32.4 Å². The number of amides is 2. The molecule has 0 fully saturated rings. The molecule has 1 aliphatic heterocycles. The summed E-state index contributed by atoms with van der Waals surface area (Å²) < 4.78 is 0. The molecule has 5 nitrogen and oxygen atoms in total. The smallest absolute Gasteiger partial charge is 0.317 e. The van der Waals surface area contributed by atoms with Crippen LogP contribution in [-0.2, 0) is 0 Å². The van der Waals surface area contributed by atoms with Gasteiger partial charge in [0.25, 0.3) is 0 Å². The summed E-state index contributed by atoms with van der Waals surface area (Å²) in [6.07, 6.45) is 6.52. The SMILES string of the molecule is O=C(NCCNc1ncc(Cl)cc1Cl)N1CC=CCC1. The Labute approximate surface area is 128 Å². The van der Waals surface area contributed by atoms with Crippen molar-refractivity contribution in [2.75, 3.05) is 31.5 Å². The molecule has 0 atom stereocenters. The molecule has 2 heterocycles. The Hall–Kier alpha value is -1.46. The van der Waals surface area contributed by atoms with Gasteiger partial charge in [-0.1, -0.05) is 35.4 Å². The van der Waals surface area contributed by atoms with Gasteiger partial charge < -0.3 is 15.5 Å². The highest BCUT2D eigenvalue weighted by Gasteiger charge is 2.12. The number of rotatable bonds is 4. The second-order valence-corrected chi connectivity index (χ2v) is 5.19. The Morgan fingerprint density at radius 1 is 1.35 bits per heavy atom. The fraction of sp³-hybridized carbons (Fsp3) is 0.385. The zero-order valence-corrected chi connectivity index (χ0v) is 12.4. The molecule has 0 radical (unpaired) electrons. The first kappa shape index (κ1) is 14.9. The van der Waals surface area contributed by atoms with Gasteiger partial charge in [0.15, 0.2) is 0 Å². The summed E-state index contributed by atoms with van der Waals surface area (Å²) in [7, 11) is 0. The van der Waals surface area contributed by atoms with Crippen molar-refractivity contribution in [1.29, 1.82) is 0 Å². The van der Waals surface area contributed by atoms with E-state index in [0.717, 1.165) is 13.0 Å². The zero-order chi connectivity index (χ0) is 14.4. The Balaban J connectivity index is 1.70. The molecule has 7 heteroatoms. The van der Waals surface area contributed by atoms with Gasteiger partial charge in [-0.05, 0) is 12.5 Å². The summed E-state index contributed by atoms with van der Waals surface area (Å²) in [5, 5.41) is 6.85. The Bertz CT molecular complexity index is 507. The third-order valence-electron chi connectivity index (χ3n) is 2.85. The van der Waals surface area contributed by atoms with E-state index in [1.165, 1.54) is 6.20 Å². The normalized spacial score (nSPS) is 14.2. The number of carbonyl (C=O) groups excluding carboxylic acids is 1. The molecule has 2 rings (SSSR count). The van der Waals surface area contributed by atoms with Gasteiger partial charge in [0.2, 0.25) is 0 Å². The van der Waals surface area contributed by atoms with E-state index in [1.54, 1.807) is 11.0 Å². The van der Waals surface area contributed by atoms with E-state index < -0.39 is 0 Å². The highest BCUT2D eigenvalue weighted by atomic mass is 35.5. The van der Waals surface area contributed by atoms with Crippen molar-refractivity contribution >= 4 is 35.1 Å². The maximum absolute atomic E-state index is 11.8. The van der Waals surface area contributed by atoms with Gasteiger partial charge in [0.1, 0.15) is 5.82 Å². The summed E-state index contributed by atoms with van der Waals surface area (Å²) in [5.74, 6) is 0.561. The molecule has 0 aliphatic carbocycles. The molecule has 0 unspecified atom stereocenters. The van der Waals surface area contributed by atoms with Gasteiger partial charge in [0.05, 0.1) is 10.0 Å². The van der Waals surface area contributed by atoms with E-state index in [4.69, 9.17) is 23.2 Å². The van der Waals surface area contributed by atoms with Crippen LogP contribution in [0.2, 0.25) is 10.0 Å². The quantitative estimate of drug-likeness (QED) is 0.663. The summed E-state index contributed by atoms with van der Waals surface area (Å²) >= 11 is 11.7. The van der Waals surface area contributed by atoms with Crippen LogP contribution < -0.4 is 10.6 Å². The lowest BCUT2D eigenvalue weighted by molar-refractivity contribution is 0.203. The molecule has 2 amide bonds. The van der Waals surface area contributed by atoms with Crippen LogP contribution in [0, 0.1) is 0 Å². The maximum Gasteiger partial charge on any atom is 0.317 e. The average molecular weight is 315 g/mol. The minimum atomic E-state index is -0.0497. The van der Waals surface area contributed by atoms with E-state index >= 15 is 0 Å². The Kier molecular flexibility index (Phi) is 5.49. The molecular formula is C13H16Cl2N4O. The minimum absolute atomic E-state index is 0.0497. The van der Waals surface area contributed by atoms with Crippen LogP contribution in [0.1, 0.15) is 6.42 Å². The lowest BCUT2D eigenvalue weighted by Gasteiger charge is -2.23. The van der Waals surface area contributed by atoms with Crippen LogP contribution in [-0.4, -0.2) is 42.1 Å². The average Bonchev–Trinajstić information content (AvgIpc) is 2.46. The summed E-state index contributed by atoms with van der Waals surface area (Å²) in [4.78, 5) is 17.7. The van der Waals surface area contributed by atoms with Crippen molar-refractivity contribution in [2.45, 2.75) is 6.42 Å². The van der Waals surface area contributed by atoms with Crippen molar-refractivity contribution in [2.24, 2.45) is 0 Å². The van der Waals surface area contributed by atoms with E-state index in [0.29, 0.717) is 35.5 Å². The molecule has 0 aromatic carbocycles. The summed E-state index contributed by atoms with van der Waals surface area (Å²) in [5.41, 5.74) is 0. The van der Waals surface area contributed by atoms with Gasteiger partial charge in [-0.3, -0.25) is 0 Å². The van der Waals surface area contributed by atoms with Crippen LogP contribution in [0.25, 0.3) is 0 Å². The second-order valence-electron chi connectivity index (χ2n) is 4.35. The molecule has 108 valence electrons. The predicted molar refractivity (Wildman–Crippen MR) is 81.5 cm³/mol. The van der Waals surface area contributed by atoms with Gasteiger partial charge in [-0.2, -0.15) is 0 Å². The summed E-state index contributed by atoms with van der Waals surface area (Å²) in [6, 6.07) is 1.57. The maximum atomic E-state index is 11.8. The van der Waals surface area contributed by atoms with Crippen LogP contribution in [0.3, 0.4) is 0 Å². The fourth-order valence-corrected chi connectivity index (χ4v) is 2.28. The van der Waals surface area contributed by atoms with E-state index in [1.807, 2.05) is 6.08 Å². The number of carbonyl (C=O) groups is 1. The number of hydrogen-bond donors (Lipinski definition) is 2. The number of pyridine rings is 1. The number of urea groups is 1. The van der Waals surface area contributed by atoms with Crippen molar-refractivity contribution in [1.82, 2.24) is 15.2 Å².